The van der Waals surface area contributed by atoms with Gasteiger partial charge in [0.2, 0.25) is 0 Å². The molecule has 7 aromatic carbocycles. The van der Waals surface area contributed by atoms with Crippen LogP contribution in [-0.2, 0) is 0 Å². The lowest BCUT2D eigenvalue weighted by Crippen LogP contribution is -1.87. The normalized spacial score (nSPS) is 11.8. The summed E-state index contributed by atoms with van der Waals surface area (Å²) in [6.07, 6.45) is 1.93. The maximum absolute atomic E-state index is 5.16. The highest BCUT2D eigenvalue weighted by molar-refractivity contribution is 7.26. The van der Waals surface area contributed by atoms with E-state index in [0.29, 0.717) is 0 Å². The number of hydrogen-bond acceptors (Lipinski definition) is 4. The number of benzene rings is 7. The molecular weight excluding hydrogens is 621 g/mol. The number of thiophene rings is 2. The fraction of sp³-hybridized carbons (Fsp3) is 0. The lowest BCUT2D eigenvalue weighted by molar-refractivity contribution is 1.32. The molecule has 10 aromatic rings. The number of aromatic nitrogens is 2. The first kappa shape index (κ1) is 27.4. The van der Waals surface area contributed by atoms with Crippen molar-refractivity contribution in [3.8, 4) is 44.6 Å². The predicted molar refractivity (Wildman–Crippen MR) is 207 cm³/mol. The van der Waals surface area contributed by atoms with Crippen LogP contribution in [0.5, 0.6) is 0 Å². The quantitative estimate of drug-likeness (QED) is 0.190. The third-order valence-electron chi connectivity index (χ3n) is 9.35. The van der Waals surface area contributed by atoms with Crippen molar-refractivity contribution >= 4 is 74.1 Å². The second-order valence-corrected chi connectivity index (χ2v) is 14.3. The van der Waals surface area contributed by atoms with Gasteiger partial charge in [0, 0.05) is 35.8 Å². The minimum Gasteiger partial charge on any atom is -0.251 e. The summed E-state index contributed by atoms with van der Waals surface area (Å²) in [5, 5.41) is 6.30. The van der Waals surface area contributed by atoms with Crippen molar-refractivity contribution < 1.29 is 0 Å². The molecule has 10 rings (SSSR count). The second kappa shape index (κ2) is 11.0. The fourth-order valence-electron chi connectivity index (χ4n) is 7.02. The van der Waals surface area contributed by atoms with Gasteiger partial charge in [-0.15, -0.1) is 22.7 Å². The zero-order valence-electron chi connectivity index (χ0n) is 25.7. The average Bonchev–Trinajstić information content (AvgIpc) is 3.72. The third kappa shape index (κ3) is 4.45. The van der Waals surface area contributed by atoms with Gasteiger partial charge in [-0.25, -0.2) is 4.98 Å². The predicted octanol–water partition coefficient (Wildman–Crippen LogP) is 13.0. The van der Waals surface area contributed by atoms with E-state index in [1.165, 1.54) is 69.0 Å². The molecule has 0 unspecified atom stereocenters. The number of nitrogens with zero attached hydrogens (tertiary/aromatic N) is 2. The third-order valence-corrected chi connectivity index (χ3v) is 11.6. The Balaban J connectivity index is 1.02. The van der Waals surface area contributed by atoms with Crippen molar-refractivity contribution in [1.29, 1.82) is 0 Å². The van der Waals surface area contributed by atoms with Gasteiger partial charge in [0.15, 0.2) is 0 Å². The first-order valence-electron chi connectivity index (χ1n) is 16.1. The van der Waals surface area contributed by atoms with Crippen LogP contribution in [0.25, 0.3) is 96.0 Å². The Bertz CT molecular complexity index is 2850. The van der Waals surface area contributed by atoms with E-state index in [9.17, 15) is 0 Å². The summed E-state index contributed by atoms with van der Waals surface area (Å²) in [4.78, 5) is 11.1. The Kier molecular flexibility index (Phi) is 6.26. The Hall–Kier alpha value is -5.68. The van der Waals surface area contributed by atoms with Crippen molar-refractivity contribution in [1.82, 2.24) is 9.97 Å². The minimum atomic E-state index is 0.891. The van der Waals surface area contributed by atoms with E-state index >= 15 is 0 Å². The van der Waals surface area contributed by atoms with Crippen LogP contribution in [0.3, 0.4) is 0 Å². The molecule has 0 radical (unpaired) electrons. The van der Waals surface area contributed by atoms with Crippen molar-refractivity contribution in [3.05, 3.63) is 158 Å². The maximum Gasteiger partial charge on any atom is 0.143 e. The topological polar surface area (TPSA) is 25.8 Å². The van der Waals surface area contributed by atoms with Crippen molar-refractivity contribution in [3.63, 3.8) is 0 Å². The van der Waals surface area contributed by atoms with Gasteiger partial charge < -0.3 is 0 Å². The molecule has 0 bridgehead atoms. The molecule has 48 heavy (non-hydrogen) atoms. The van der Waals surface area contributed by atoms with Gasteiger partial charge in [-0.1, -0.05) is 121 Å². The van der Waals surface area contributed by atoms with Gasteiger partial charge in [0.25, 0.3) is 0 Å². The highest BCUT2D eigenvalue weighted by Gasteiger charge is 2.14. The second-order valence-electron chi connectivity index (χ2n) is 12.2. The highest BCUT2D eigenvalue weighted by Crippen LogP contribution is 2.41. The molecular formula is C44H26N2S2. The Morgan fingerprint density at radius 3 is 2.00 bits per heavy atom. The smallest absolute Gasteiger partial charge is 0.143 e. The molecule has 0 aliphatic rings. The van der Waals surface area contributed by atoms with Crippen LogP contribution in [0.15, 0.2) is 158 Å². The first-order valence-corrected chi connectivity index (χ1v) is 17.7. The van der Waals surface area contributed by atoms with E-state index in [0.717, 1.165) is 27.0 Å². The maximum atomic E-state index is 5.16. The summed E-state index contributed by atoms with van der Waals surface area (Å²) in [6, 6.07) is 54.7. The highest BCUT2D eigenvalue weighted by atomic mass is 32.1. The molecule has 0 fully saturated rings. The molecule has 0 aliphatic carbocycles. The van der Waals surface area contributed by atoms with Gasteiger partial charge >= 0.3 is 0 Å². The van der Waals surface area contributed by atoms with Crippen LogP contribution < -0.4 is 0 Å². The molecule has 0 spiro atoms. The Labute approximate surface area is 285 Å². The summed E-state index contributed by atoms with van der Waals surface area (Å²) >= 11 is 3.57. The van der Waals surface area contributed by atoms with Gasteiger partial charge in [0.1, 0.15) is 10.3 Å². The summed E-state index contributed by atoms with van der Waals surface area (Å²) in [5.41, 5.74) is 10.2. The van der Waals surface area contributed by atoms with Crippen LogP contribution in [0.4, 0.5) is 0 Å². The summed E-state index contributed by atoms with van der Waals surface area (Å²) in [5.74, 6) is 0. The molecule has 0 aliphatic heterocycles. The largest absolute Gasteiger partial charge is 0.251 e. The lowest BCUT2D eigenvalue weighted by atomic mass is 9.95. The average molecular weight is 647 g/mol. The van der Waals surface area contributed by atoms with Crippen molar-refractivity contribution in [2.45, 2.75) is 0 Å². The standard InChI is InChI=1S/C44H26N2S2/c1-2-15-33-27(9-1)10-7-17-34(33)30-12-5-11-28(23-30)29-21-22-41-38(25-29)42-44(48-41)46-39(26-45-42)32-14-6-13-31(24-32)35-18-8-19-37-36-16-3-4-20-40(36)47-43(35)37/h1-26H. The molecule has 3 heterocycles. The van der Waals surface area contributed by atoms with Gasteiger partial charge in [-0.3, -0.25) is 4.98 Å². The number of rotatable bonds is 4. The van der Waals surface area contributed by atoms with Gasteiger partial charge in [-0.05, 0) is 74.5 Å². The molecule has 0 amide bonds. The molecule has 4 heteroatoms. The zero-order chi connectivity index (χ0) is 31.6. The summed E-state index contributed by atoms with van der Waals surface area (Å²) in [7, 11) is 0. The molecule has 3 aromatic heterocycles. The molecule has 0 saturated heterocycles. The SMILES string of the molecule is c1cc(-c2ccc3sc4nc(-c5cccc(-c6cccc7c6sc6ccccc67)c5)cnc4c3c2)cc(-c2cccc3ccccc23)c1. The van der Waals surface area contributed by atoms with E-state index in [-0.39, 0.29) is 0 Å². The van der Waals surface area contributed by atoms with Crippen LogP contribution in [0, 0.1) is 0 Å². The van der Waals surface area contributed by atoms with E-state index in [4.69, 9.17) is 9.97 Å². The first-order chi connectivity index (χ1) is 23.8. The summed E-state index contributed by atoms with van der Waals surface area (Å²) < 4.78 is 3.83. The van der Waals surface area contributed by atoms with E-state index in [2.05, 4.69) is 152 Å². The number of hydrogen-bond donors (Lipinski definition) is 0. The number of fused-ring (bicyclic) bond motifs is 7. The van der Waals surface area contributed by atoms with E-state index in [1.54, 1.807) is 11.3 Å². The van der Waals surface area contributed by atoms with Crippen LogP contribution in [-0.4, -0.2) is 9.97 Å². The van der Waals surface area contributed by atoms with Gasteiger partial charge in [0.05, 0.1) is 11.9 Å². The fourth-order valence-corrected chi connectivity index (χ4v) is 9.27. The Morgan fingerprint density at radius 2 is 1.06 bits per heavy atom. The molecule has 0 atom stereocenters. The molecule has 224 valence electrons. The van der Waals surface area contributed by atoms with E-state index < -0.39 is 0 Å². The molecule has 2 nitrogen and oxygen atoms in total. The van der Waals surface area contributed by atoms with Crippen LogP contribution >= 0.6 is 22.7 Å². The summed E-state index contributed by atoms with van der Waals surface area (Å²) in [6.45, 7) is 0. The Morgan fingerprint density at radius 1 is 0.417 bits per heavy atom. The van der Waals surface area contributed by atoms with E-state index in [1.807, 2.05) is 17.5 Å². The monoisotopic (exact) mass is 646 g/mol. The van der Waals surface area contributed by atoms with Crippen LogP contribution in [0.2, 0.25) is 0 Å². The van der Waals surface area contributed by atoms with Crippen molar-refractivity contribution in [2.24, 2.45) is 0 Å². The zero-order valence-corrected chi connectivity index (χ0v) is 27.4. The van der Waals surface area contributed by atoms with Gasteiger partial charge in [-0.2, -0.15) is 0 Å². The minimum absolute atomic E-state index is 0.891. The van der Waals surface area contributed by atoms with Crippen LogP contribution in [0.1, 0.15) is 0 Å². The van der Waals surface area contributed by atoms with Crippen molar-refractivity contribution in [2.75, 3.05) is 0 Å². The molecule has 0 N–H and O–H groups in total. The lowest BCUT2D eigenvalue weighted by Gasteiger charge is -2.09. The molecule has 0 saturated carbocycles.